The zero-order chi connectivity index (χ0) is 12.1. The number of nitrogens with one attached hydrogen (secondary N) is 2. The zero-order valence-electron chi connectivity index (χ0n) is 9.47. The van der Waals surface area contributed by atoms with Gasteiger partial charge in [-0.15, -0.1) is 11.3 Å². The number of aromatic nitrogens is 3. The largest absolute Gasteiger partial charge is 0.393 e. The van der Waals surface area contributed by atoms with Crippen LogP contribution in [0.25, 0.3) is 0 Å². The Labute approximate surface area is 103 Å². The molecule has 2 rings (SSSR count). The van der Waals surface area contributed by atoms with Gasteiger partial charge in [0.15, 0.2) is 16.8 Å². The third kappa shape index (κ3) is 2.82. The van der Waals surface area contributed by atoms with Crippen LogP contribution >= 0.6 is 11.3 Å². The van der Waals surface area contributed by atoms with E-state index in [1.807, 2.05) is 5.38 Å². The average Bonchev–Trinajstić information content (AvgIpc) is 2.83. The molecule has 0 saturated carbocycles. The summed E-state index contributed by atoms with van der Waals surface area (Å²) in [5.41, 5.74) is 6.48. The number of hydrogen-bond acceptors (Lipinski definition) is 7. The van der Waals surface area contributed by atoms with Crippen LogP contribution in [0.1, 0.15) is 13.3 Å². The highest BCUT2D eigenvalue weighted by molar-refractivity contribution is 7.13. The molecule has 0 aliphatic carbocycles. The van der Waals surface area contributed by atoms with Crippen molar-refractivity contribution in [1.82, 2.24) is 15.0 Å². The zero-order valence-corrected chi connectivity index (χ0v) is 10.3. The molecule has 0 aromatic carbocycles. The Kier molecular flexibility index (Phi) is 3.71. The summed E-state index contributed by atoms with van der Waals surface area (Å²) in [5, 5.41) is 8.86. The van der Waals surface area contributed by atoms with E-state index in [1.54, 1.807) is 6.20 Å². The molecule has 0 unspecified atom stereocenters. The Morgan fingerprint density at radius 3 is 2.82 bits per heavy atom. The predicted molar refractivity (Wildman–Crippen MR) is 70.6 cm³/mol. The highest BCUT2D eigenvalue weighted by Crippen LogP contribution is 2.26. The van der Waals surface area contributed by atoms with E-state index in [4.69, 9.17) is 5.73 Å². The van der Waals surface area contributed by atoms with Gasteiger partial charge in [0.05, 0.1) is 0 Å². The highest BCUT2D eigenvalue weighted by atomic mass is 32.1. The Balaban J connectivity index is 2.17. The lowest BCUT2D eigenvalue weighted by Gasteiger charge is -2.10. The van der Waals surface area contributed by atoms with E-state index in [-0.39, 0.29) is 0 Å². The molecule has 90 valence electrons. The standard InChI is InChI=1S/C10H14N6S/c1-2-3-12-8-7(11)9(15-6-14-8)16-10-13-4-5-17-10/h4-6H,2-3,11H2,1H3,(H2,12,13,14,15,16). The number of nitrogen functional groups attached to an aromatic ring is 1. The van der Waals surface area contributed by atoms with Gasteiger partial charge in [-0.1, -0.05) is 6.92 Å². The molecule has 0 atom stereocenters. The molecule has 4 N–H and O–H groups in total. The maximum atomic E-state index is 5.97. The van der Waals surface area contributed by atoms with Crippen LogP contribution in [-0.2, 0) is 0 Å². The fourth-order valence-corrected chi connectivity index (χ4v) is 1.79. The third-order valence-corrected chi connectivity index (χ3v) is 2.77. The first kappa shape index (κ1) is 11.6. The van der Waals surface area contributed by atoms with Gasteiger partial charge in [-0.25, -0.2) is 15.0 Å². The molecule has 6 nitrogen and oxygen atoms in total. The van der Waals surface area contributed by atoms with Crippen LogP contribution in [0, 0.1) is 0 Å². The second-order valence-corrected chi connectivity index (χ2v) is 4.27. The fraction of sp³-hybridized carbons (Fsp3) is 0.300. The maximum absolute atomic E-state index is 5.97. The van der Waals surface area contributed by atoms with E-state index in [1.165, 1.54) is 17.7 Å². The van der Waals surface area contributed by atoms with Crippen LogP contribution in [-0.4, -0.2) is 21.5 Å². The summed E-state index contributed by atoms with van der Waals surface area (Å²) in [5.74, 6) is 1.23. The Hall–Kier alpha value is -1.89. The third-order valence-electron chi connectivity index (χ3n) is 2.08. The lowest BCUT2D eigenvalue weighted by molar-refractivity contribution is 0.966. The molecule has 0 spiro atoms. The van der Waals surface area contributed by atoms with Gasteiger partial charge in [0.1, 0.15) is 12.0 Å². The second kappa shape index (κ2) is 5.44. The summed E-state index contributed by atoms with van der Waals surface area (Å²) in [4.78, 5) is 12.3. The van der Waals surface area contributed by atoms with Crippen molar-refractivity contribution in [3.05, 3.63) is 17.9 Å². The number of rotatable bonds is 5. The van der Waals surface area contributed by atoms with E-state index < -0.39 is 0 Å². The molecule has 17 heavy (non-hydrogen) atoms. The quantitative estimate of drug-likeness (QED) is 0.753. The van der Waals surface area contributed by atoms with Crippen molar-refractivity contribution in [3.8, 4) is 0 Å². The van der Waals surface area contributed by atoms with Crippen molar-refractivity contribution in [1.29, 1.82) is 0 Å². The lowest BCUT2D eigenvalue weighted by atomic mass is 10.4. The van der Waals surface area contributed by atoms with Gasteiger partial charge in [0.25, 0.3) is 0 Å². The Bertz CT molecular complexity index is 470. The van der Waals surface area contributed by atoms with Crippen LogP contribution in [0.3, 0.4) is 0 Å². The topological polar surface area (TPSA) is 88.8 Å². The molecule has 0 amide bonds. The molecule has 2 aromatic rings. The van der Waals surface area contributed by atoms with Crippen LogP contribution in [0.4, 0.5) is 22.5 Å². The normalized spacial score (nSPS) is 10.2. The summed E-state index contributed by atoms with van der Waals surface area (Å²) in [6.45, 7) is 2.91. The summed E-state index contributed by atoms with van der Waals surface area (Å²) in [6.07, 6.45) is 4.21. The first-order chi connectivity index (χ1) is 8.31. The van der Waals surface area contributed by atoms with Gasteiger partial charge in [-0.2, -0.15) is 0 Å². The molecule has 0 radical (unpaired) electrons. The molecular formula is C10H14N6S. The van der Waals surface area contributed by atoms with Crippen molar-refractivity contribution in [2.75, 3.05) is 22.9 Å². The first-order valence-electron chi connectivity index (χ1n) is 5.32. The van der Waals surface area contributed by atoms with Gasteiger partial charge in [0.2, 0.25) is 0 Å². The van der Waals surface area contributed by atoms with Gasteiger partial charge in [-0.3, -0.25) is 0 Å². The van der Waals surface area contributed by atoms with E-state index in [0.717, 1.165) is 18.1 Å². The fourth-order valence-electron chi connectivity index (χ4n) is 1.27. The molecule has 0 aliphatic rings. The Morgan fingerprint density at radius 2 is 2.12 bits per heavy atom. The highest BCUT2D eigenvalue weighted by Gasteiger charge is 2.08. The molecule has 0 aliphatic heterocycles. The summed E-state index contributed by atoms with van der Waals surface area (Å²) in [7, 11) is 0. The van der Waals surface area contributed by atoms with Crippen LogP contribution in [0.5, 0.6) is 0 Å². The molecule has 0 fully saturated rings. The number of anilines is 4. The smallest absolute Gasteiger partial charge is 0.188 e. The summed E-state index contributed by atoms with van der Waals surface area (Å²) in [6, 6.07) is 0. The van der Waals surface area contributed by atoms with Crippen LogP contribution in [0.2, 0.25) is 0 Å². The molecule has 2 heterocycles. The predicted octanol–water partition coefficient (Wildman–Crippen LogP) is 2.08. The molecule has 7 heteroatoms. The van der Waals surface area contributed by atoms with Gasteiger partial charge < -0.3 is 16.4 Å². The summed E-state index contributed by atoms with van der Waals surface area (Å²) < 4.78 is 0. The van der Waals surface area contributed by atoms with Crippen molar-refractivity contribution in [2.24, 2.45) is 0 Å². The molecular weight excluding hydrogens is 236 g/mol. The molecule has 0 saturated heterocycles. The van der Waals surface area contributed by atoms with Gasteiger partial charge in [0, 0.05) is 18.1 Å². The Morgan fingerprint density at radius 1 is 1.29 bits per heavy atom. The first-order valence-corrected chi connectivity index (χ1v) is 6.20. The average molecular weight is 250 g/mol. The van der Waals surface area contributed by atoms with Crippen LogP contribution < -0.4 is 16.4 Å². The number of hydrogen-bond donors (Lipinski definition) is 3. The SMILES string of the molecule is CCCNc1ncnc(Nc2nccs2)c1N. The van der Waals surface area contributed by atoms with E-state index in [2.05, 4.69) is 32.5 Å². The lowest BCUT2D eigenvalue weighted by Crippen LogP contribution is -2.08. The van der Waals surface area contributed by atoms with Gasteiger partial charge >= 0.3 is 0 Å². The van der Waals surface area contributed by atoms with Crippen LogP contribution in [0.15, 0.2) is 17.9 Å². The maximum Gasteiger partial charge on any atom is 0.188 e. The molecule has 0 bridgehead atoms. The number of thiazole rings is 1. The molecule has 2 aromatic heterocycles. The minimum atomic E-state index is 0.510. The second-order valence-electron chi connectivity index (χ2n) is 3.37. The van der Waals surface area contributed by atoms with E-state index in [9.17, 15) is 0 Å². The van der Waals surface area contributed by atoms with Crippen molar-refractivity contribution < 1.29 is 0 Å². The summed E-state index contributed by atoms with van der Waals surface area (Å²) >= 11 is 1.49. The van der Waals surface area contributed by atoms with Crippen molar-refractivity contribution >= 4 is 33.8 Å². The van der Waals surface area contributed by atoms with E-state index in [0.29, 0.717) is 17.3 Å². The van der Waals surface area contributed by atoms with Crippen molar-refractivity contribution in [3.63, 3.8) is 0 Å². The van der Waals surface area contributed by atoms with E-state index >= 15 is 0 Å². The van der Waals surface area contributed by atoms with Gasteiger partial charge in [-0.05, 0) is 6.42 Å². The minimum absolute atomic E-state index is 0.510. The number of nitrogens with two attached hydrogens (primary N) is 1. The minimum Gasteiger partial charge on any atom is -0.393 e. The number of nitrogens with zero attached hydrogens (tertiary/aromatic N) is 3. The van der Waals surface area contributed by atoms with Crippen molar-refractivity contribution in [2.45, 2.75) is 13.3 Å². The monoisotopic (exact) mass is 250 g/mol.